The van der Waals surface area contributed by atoms with Crippen molar-refractivity contribution in [2.45, 2.75) is 32.2 Å². The zero-order chi connectivity index (χ0) is 12.5. The van der Waals surface area contributed by atoms with E-state index in [2.05, 4.69) is 5.32 Å². The third-order valence-corrected chi connectivity index (χ3v) is 4.16. The lowest BCUT2D eigenvalue weighted by atomic mass is 9.98. The van der Waals surface area contributed by atoms with Crippen molar-refractivity contribution in [1.29, 1.82) is 0 Å². The Hall–Kier alpha value is -0.960. The van der Waals surface area contributed by atoms with E-state index in [9.17, 15) is 8.78 Å². The van der Waals surface area contributed by atoms with Crippen LogP contribution in [0.15, 0.2) is 18.2 Å². The molecular formula is C15H19F2N. The molecule has 0 amide bonds. The standard InChI is InChI=1S/C15H19F2N/c16-13-5-6-15(17)12(7-13)8-18-9-14(10-1-2-10)11-3-4-11/h5-7,10-11,14,18H,1-4,8-9H2. The van der Waals surface area contributed by atoms with Crippen molar-refractivity contribution in [3.05, 3.63) is 35.4 Å². The molecule has 0 radical (unpaired) electrons. The Morgan fingerprint density at radius 1 is 1.11 bits per heavy atom. The Morgan fingerprint density at radius 2 is 1.78 bits per heavy atom. The normalized spacial score (nSPS) is 19.5. The maximum absolute atomic E-state index is 13.4. The van der Waals surface area contributed by atoms with Crippen molar-refractivity contribution in [2.24, 2.45) is 17.8 Å². The Bertz CT molecular complexity index is 413. The van der Waals surface area contributed by atoms with E-state index in [4.69, 9.17) is 0 Å². The number of nitrogens with one attached hydrogen (secondary N) is 1. The molecule has 18 heavy (non-hydrogen) atoms. The Balaban J connectivity index is 1.52. The van der Waals surface area contributed by atoms with Gasteiger partial charge in [-0.15, -0.1) is 0 Å². The lowest BCUT2D eigenvalue weighted by Gasteiger charge is -2.16. The molecule has 2 aliphatic rings. The summed E-state index contributed by atoms with van der Waals surface area (Å²) in [5.74, 6) is 1.86. The molecule has 2 aliphatic carbocycles. The molecule has 1 nitrogen and oxygen atoms in total. The average Bonchev–Trinajstić information content (AvgIpc) is 3.22. The Kier molecular flexibility index (Phi) is 3.33. The molecule has 2 saturated carbocycles. The van der Waals surface area contributed by atoms with Gasteiger partial charge in [0.2, 0.25) is 0 Å². The van der Waals surface area contributed by atoms with Crippen LogP contribution in [-0.4, -0.2) is 6.54 Å². The second-order valence-corrected chi connectivity index (χ2v) is 5.71. The summed E-state index contributed by atoms with van der Waals surface area (Å²) in [6, 6.07) is 3.65. The molecule has 0 atom stereocenters. The van der Waals surface area contributed by atoms with Crippen LogP contribution in [0, 0.1) is 29.4 Å². The van der Waals surface area contributed by atoms with E-state index in [1.54, 1.807) is 0 Å². The van der Waals surface area contributed by atoms with E-state index < -0.39 is 0 Å². The lowest BCUT2D eigenvalue weighted by Crippen LogP contribution is -2.25. The molecule has 98 valence electrons. The van der Waals surface area contributed by atoms with E-state index in [0.717, 1.165) is 30.4 Å². The minimum absolute atomic E-state index is 0.321. The first-order chi connectivity index (χ1) is 8.74. The first kappa shape index (κ1) is 12.1. The first-order valence-corrected chi connectivity index (χ1v) is 6.88. The molecule has 0 aliphatic heterocycles. The van der Waals surface area contributed by atoms with E-state index in [1.807, 2.05) is 0 Å². The molecule has 1 N–H and O–H groups in total. The van der Waals surface area contributed by atoms with Crippen LogP contribution in [0.4, 0.5) is 8.78 Å². The third-order valence-electron chi connectivity index (χ3n) is 4.16. The molecule has 0 unspecified atom stereocenters. The van der Waals surface area contributed by atoms with Gasteiger partial charge in [-0.3, -0.25) is 0 Å². The summed E-state index contributed by atoms with van der Waals surface area (Å²) in [5.41, 5.74) is 0.431. The van der Waals surface area contributed by atoms with Crippen LogP contribution in [0.1, 0.15) is 31.2 Å². The van der Waals surface area contributed by atoms with E-state index in [0.29, 0.717) is 12.1 Å². The maximum atomic E-state index is 13.4. The fourth-order valence-corrected chi connectivity index (χ4v) is 2.82. The van der Waals surface area contributed by atoms with Crippen molar-refractivity contribution in [1.82, 2.24) is 5.32 Å². The van der Waals surface area contributed by atoms with Gasteiger partial charge < -0.3 is 5.32 Å². The highest BCUT2D eigenvalue weighted by Gasteiger charge is 2.40. The summed E-state index contributed by atoms with van der Waals surface area (Å²) < 4.78 is 26.4. The summed E-state index contributed by atoms with van der Waals surface area (Å²) in [5, 5.41) is 3.31. The van der Waals surface area contributed by atoms with Gasteiger partial charge in [-0.25, -0.2) is 8.78 Å². The van der Waals surface area contributed by atoms with Crippen LogP contribution in [0.2, 0.25) is 0 Å². The van der Waals surface area contributed by atoms with Crippen LogP contribution < -0.4 is 5.32 Å². The van der Waals surface area contributed by atoms with Crippen molar-refractivity contribution >= 4 is 0 Å². The minimum Gasteiger partial charge on any atom is -0.312 e. The monoisotopic (exact) mass is 251 g/mol. The molecule has 1 aromatic carbocycles. The van der Waals surface area contributed by atoms with E-state index in [-0.39, 0.29) is 11.6 Å². The van der Waals surface area contributed by atoms with Gasteiger partial charge in [0.15, 0.2) is 0 Å². The highest BCUT2D eigenvalue weighted by atomic mass is 19.1. The highest BCUT2D eigenvalue weighted by molar-refractivity contribution is 5.18. The first-order valence-electron chi connectivity index (χ1n) is 6.88. The Labute approximate surface area is 107 Å². The van der Waals surface area contributed by atoms with Gasteiger partial charge in [0.25, 0.3) is 0 Å². The average molecular weight is 251 g/mol. The number of hydrogen-bond acceptors (Lipinski definition) is 1. The predicted octanol–water partition coefficient (Wildman–Crippen LogP) is 3.49. The van der Waals surface area contributed by atoms with Crippen LogP contribution in [-0.2, 0) is 6.54 Å². The van der Waals surface area contributed by atoms with Gasteiger partial charge in [-0.1, -0.05) is 0 Å². The lowest BCUT2D eigenvalue weighted by molar-refractivity contribution is 0.377. The van der Waals surface area contributed by atoms with Crippen LogP contribution in [0.25, 0.3) is 0 Å². The maximum Gasteiger partial charge on any atom is 0.127 e. The van der Waals surface area contributed by atoms with Gasteiger partial charge in [0.1, 0.15) is 11.6 Å². The molecule has 2 fully saturated rings. The summed E-state index contributed by atoms with van der Waals surface area (Å²) in [7, 11) is 0. The number of rotatable bonds is 6. The predicted molar refractivity (Wildman–Crippen MR) is 67.0 cm³/mol. The highest BCUT2D eigenvalue weighted by Crippen LogP contribution is 2.48. The Morgan fingerprint density at radius 3 is 2.39 bits per heavy atom. The van der Waals surface area contributed by atoms with E-state index >= 15 is 0 Å². The van der Waals surface area contributed by atoms with Gasteiger partial charge >= 0.3 is 0 Å². The summed E-state index contributed by atoms with van der Waals surface area (Å²) in [6.07, 6.45) is 5.43. The molecule has 0 bridgehead atoms. The topological polar surface area (TPSA) is 12.0 Å². The van der Waals surface area contributed by atoms with Gasteiger partial charge in [0, 0.05) is 12.1 Å². The van der Waals surface area contributed by atoms with Crippen LogP contribution >= 0.6 is 0 Å². The zero-order valence-corrected chi connectivity index (χ0v) is 10.5. The van der Waals surface area contributed by atoms with Crippen LogP contribution in [0.5, 0.6) is 0 Å². The van der Waals surface area contributed by atoms with Crippen molar-refractivity contribution in [3.63, 3.8) is 0 Å². The smallest absolute Gasteiger partial charge is 0.127 e. The quantitative estimate of drug-likeness (QED) is 0.816. The molecule has 0 aromatic heterocycles. The third kappa shape index (κ3) is 2.89. The van der Waals surface area contributed by atoms with Crippen molar-refractivity contribution < 1.29 is 8.78 Å². The summed E-state index contributed by atoms with van der Waals surface area (Å²) >= 11 is 0. The fraction of sp³-hybridized carbons (Fsp3) is 0.600. The molecule has 3 rings (SSSR count). The number of hydrogen-bond donors (Lipinski definition) is 1. The second kappa shape index (κ2) is 4.96. The summed E-state index contributed by atoms with van der Waals surface area (Å²) in [6.45, 7) is 1.38. The number of halogens is 2. The van der Waals surface area contributed by atoms with Crippen molar-refractivity contribution in [3.8, 4) is 0 Å². The second-order valence-electron chi connectivity index (χ2n) is 5.71. The van der Waals surface area contributed by atoms with Gasteiger partial charge in [-0.2, -0.15) is 0 Å². The zero-order valence-electron chi connectivity index (χ0n) is 10.5. The SMILES string of the molecule is Fc1ccc(F)c(CNCC(C2CC2)C2CC2)c1. The van der Waals surface area contributed by atoms with Crippen LogP contribution in [0.3, 0.4) is 0 Å². The molecule has 0 saturated heterocycles. The molecule has 1 aromatic rings. The fourth-order valence-electron chi connectivity index (χ4n) is 2.82. The van der Waals surface area contributed by atoms with Crippen molar-refractivity contribution in [2.75, 3.05) is 6.54 Å². The summed E-state index contributed by atoms with van der Waals surface area (Å²) in [4.78, 5) is 0. The van der Waals surface area contributed by atoms with Gasteiger partial charge in [-0.05, 0) is 68.2 Å². The molecule has 0 heterocycles. The minimum atomic E-state index is -0.367. The van der Waals surface area contributed by atoms with Gasteiger partial charge in [0.05, 0.1) is 0 Å². The van der Waals surface area contributed by atoms with E-state index in [1.165, 1.54) is 37.8 Å². The number of benzene rings is 1. The molecule has 0 spiro atoms. The largest absolute Gasteiger partial charge is 0.312 e. The molecular weight excluding hydrogens is 232 g/mol. The molecule has 3 heteroatoms.